The number of amides is 1. The van der Waals surface area contributed by atoms with Crippen molar-refractivity contribution in [3.05, 3.63) is 65.5 Å². The molecule has 1 saturated heterocycles. The van der Waals surface area contributed by atoms with E-state index in [1.807, 2.05) is 27.7 Å². The van der Waals surface area contributed by atoms with Crippen molar-refractivity contribution in [1.82, 2.24) is 10.2 Å². The van der Waals surface area contributed by atoms with Gasteiger partial charge in [-0.05, 0) is 37.5 Å². The summed E-state index contributed by atoms with van der Waals surface area (Å²) >= 11 is 0. The number of methoxy groups -OCH3 is 2. The maximum Gasteiger partial charge on any atom is 0.256 e. The number of nitrogens with two attached hydrogens (primary N) is 1. The summed E-state index contributed by atoms with van der Waals surface area (Å²) in [4.78, 5) is 28.6. The molecule has 1 atom stereocenters. The van der Waals surface area contributed by atoms with E-state index in [9.17, 15) is 4.79 Å². The van der Waals surface area contributed by atoms with Gasteiger partial charge >= 0.3 is 0 Å². The molecule has 0 aromatic heterocycles. The van der Waals surface area contributed by atoms with Gasteiger partial charge in [0.1, 0.15) is 28.8 Å². The van der Waals surface area contributed by atoms with Crippen LogP contribution in [0.5, 0.6) is 0 Å². The van der Waals surface area contributed by atoms with Gasteiger partial charge in [0, 0.05) is 42.6 Å². The Hall–Kier alpha value is -4.25. The van der Waals surface area contributed by atoms with Crippen molar-refractivity contribution in [3.63, 3.8) is 0 Å². The highest BCUT2D eigenvalue weighted by Gasteiger charge is 2.29. The van der Waals surface area contributed by atoms with Gasteiger partial charge in [0.25, 0.3) is 5.91 Å². The fourth-order valence-corrected chi connectivity index (χ4v) is 4.41. The maximum atomic E-state index is 13.0. The summed E-state index contributed by atoms with van der Waals surface area (Å²) in [5.41, 5.74) is 8.93. The van der Waals surface area contributed by atoms with Gasteiger partial charge < -0.3 is 30.7 Å². The molecule has 1 amide bonds. The van der Waals surface area contributed by atoms with E-state index in [0.29, 0.717) is 41.0 Å². The van der Waals surface area contributed by atoms with Crippen molar-refractivity contribution in [3.8, 4) is 0 Å². The number of ether oxygens (including phenoxy) is 2. The van der Waals surface area contributed by atoms with Crippen molar-refractivity contribution in [2.45, 2.75) is 46.6 Å². The van der Waals surface area contributed by atoms with Gasteiger partial charge in [-0.2, -0.15) is 0 Å². The molecule has 2 aliphatic heterocycles. The minimum atomic E-state index is -0.433. The minimum Gasteiger partial charge on any atom is -0.500 e. The van der Waals surface area contributed by atoms with Crippen LogP contribution in [0.15, 0.2) is 69.3 Å². The second-order valence-electron chi connectivity index (χ2n) is 10.6. The number of anilines is 1. The number of nitrogens with zero attached hydrogens (tertiary/aromatic N) is 4. The van der Waals surface area contributed by atoms with Gasteiger partial charge in [0.2, 0.25) is 5.96 Å². The molecule has 5 N–H and O–H groups in total. The molecule has 11 nitrogen and oxygen atoms in total. The van der Waals surface area contributed by atoms with Gasteiger partial charge in [-0.25, -0.2) is 9.98 Å². The topological polar surface area (TPSA) is 150 Å². The fourth-order valence-electron chi connectivity index (χ4n) is 4.41. The Morgan fingerprint density at radius 1 is 1.35 bits per heavy atom. The summed E-state index contributed by atoms with van der Waals surface area (Å²) in [6.07, 6.45) is 6.55. The number of rotatable bonds is 8. The molecule has 0 spiro atoms. The Morgan fingerprint density at radius 2 is 2.10 bits per heavy atom. The highest BCUT2D eigenvalue weighted by molar-refractivity contribution is 6.41. The molecule has 0 unspecified atom stereocenters. The Bertz CT molecular complexity index is 1300. The number of carbonyl (C=O) groups excluding carboxylic acids is 1. The SMILES string of the molecule is C=C/N=C1/C=NC(N2CCC[C@H]2COC)=N/C1=C(/N)Nc1cc(C(=O)NC(=N)/C=C(\OC)C(C)(C)C)ccc1C. The number of aryl methyl sites for hydroxylation is 1. The van der Waals surface area contributed by atoms with E-state index in [-0.39, 0.29) is 23.1 Å². The first-order valence-electron chi connectivity index (χ1n) is 13.1. The molecule has 3 rings (SSSR count). The number of allylic oxidation sites excluding steroid dienone is 2. The molecule has 1 aromatic rings. The summed E-state index contributed by atoms with van der Waals surface area (Å²) in [5, 5.41) is 14.0. The second-order valence-corrected chi connectivity index (χ2v) is 10.6. The van der Waals surface area contributed by atoms with Gasteiger partial charge in [0.15, 0.2) is 0 Å². The molecular weight excluding hydrogens is 508 g/mol. The van der Waals surface area contributed by atoms with Crippen molar-refractivity contribution in [2.24, 2.45) is 26.1 Å². The lowest BCUT2D eigenvalue weighted by molar-refractivity contribution is 0.0977. The Labute approximate surface area is 236 Å². The van der Waals surface area contributed by atoms with Crippen molar-refractivity contribution >= 4 is 35.3 Å². The van der Waals surface area contributed by atoms with Crippen molar-refractivity contribution in [1.29, 1.82) is 5.41 Å². The van der Waals surface area contributed by atoms with Crippen molar-refractivity contribution < 1.29 is 14.3 Å². The number of benzene rings is 1. The van der Waals surface area contributed by atoms with Crippen LogP contribution in [0.2, 0.25) is 0 Å². The summed E-state index contributed by atoms with van der Waals surface area (Å²) in [7, 11) is 3.23. The smallest absolute Gasteiger partial charge is 0.256 e. The van der Waals surface area contributed by atoms with E-state index < -0.39 is 5.91 Å². The zero-order chi connectivity index (χ0) is 29.4. The Balaban J connectivity index is 1.88. The third kappa shape index (κ3) is 7.44. The molecule has 40 heavy (non-hydrogen) atoms. The van der Waals surface area contributed by atoms with Crippen molar-refractivity contribution in [2.75, 3.05) is 32.7 Å². The maximum absolute atomic E-state index is 13.0. The largest absolute Gasteiger partial charge is 0.500 e. The van der Waals surface area contributed by atoms with Gasteiger partial charge in [-0.1, -0.05) is 33.4 Å². The van der Waals surface area contributed by atoms with E-state index in [1.165, 1.54) is 12.3 Å². The summed E-state index contributed by atoms with van der Waals surface area (Å²) in [6, 6.07) is 5.36. The van der Waals surface area contributed by atoms with Crippen LogP contribution in [-0.4, -0.2) is 67.9 Å². The van der Waals surface area contributed by atoms with Crippen LogP contribution in [0.4, 0.5) is 5.69 Å². The van der Waals surface area contributed by atoms with Crippen LogP contribution in [0, 0.1) is 17.7 Å². The third-order valence-corrected chi connectivity index (χ3v) is 6.49. The van der Waals surface area contributed by atoms with E-state index in [4.69, 9.17) is 25.6 Å². The lowest BCUT2D eigenvalue weighted by Gasteiger charge is -2.26. The number of carbonyl (C=O) groups is 1. The zero-order valence-electron chi connectivity index (χ0n) is 24.2. The molecule has 0 saturated carbocycles. The molecule has 0 bridgehead atoms. The zero-order valence-corrected chi connectivity index (χ0v) is 24.2. The lowest BCUT2D eigenvalue weighted by atomic mass is 9.93. The minimum absolute atomic E-state index is 0.0733. The highest BCUT2D eigenvalue weighted by Crippen LogP contribution is 2.26. The van der Waals surface area contributed by atoms with E-state index in [0.717, 1.165) is 24.9 Å². The quantitative estimate of drug-likeness (QED) is 0.219. The molecule has 11 heteroatoms. The summed E-state index contributed by atoms with van der Waals surface area (Å²) in [5.74, 6) is 0.870. The van der Waals surface area contributed by atoms with Crippen LogP contribution in [0.3, 0.4) is 0 Å². The molecule has 0 aliphatic carbocycles. The van der Waals surface area contributed by atoms with E-state index in [1.54, 1.807) is 38.6 Å². The van der Waals surface area contributed by atoms with Crippen LogP contribution in [-0.2, 0) is 9.47 Å². The van der Waals surface area contributed by atoms with Gasteiger partial charge in [-0.15, -0.1) is 0 Å². The molecule has 0 radical (unpaired) electrons. The first kappa shape index (κ1) is 30.3. The monoisotopic (exact) mass is 548 g/mol. The van der Waals surface area contributed by atoms with E-state index >= 15 is 0 Å². The van der Waals surface area contributed by atoms with Gasteiger partial charge in [0.05, 0.1) is 26.0 Å². The predicted molar refractivity (Wildman–Crippen MR) is 161 cm³/mol. The number of amidine groups is 1. The van der Waals surface area contributed by atoms with Crippen LogP contribution in [0.1, 0.15) is 49.5 Å². The molecule has 2 aliphatic rings. The van der Waals surface area contributed by atoms with Crippen LogP contribution < -0.4 is 16.4 Å². The van der Waals surface area contributed by atoms with Crippen LogP contribution >= 0.6 is 0 Å². The Morgan fingerprint density at radius 3 is 2.75 bits per heavy atom. The standard InChI is InChI=1S/C29H40N8O3/c1-8-32-22-16-33-28(37-13-9-10-20(37)17-39-6)36-25(22)26(31)34-21-14-19(12-11-18(21)2)27(38)35-24(30)15-23(40-7)29(3,4)5/h8,11-12,14-16,20,34H,1,9-10,13,17,31H2,2-7H3,(H2,30,35,38)/b23-15-,26-25-,32-22-/t20-/m0/s1. The third-order valence-electron chi connectivity index (χ3n) is 6.49. The number of guanidine groups is 1. The number of hydrogen-bond acceptors (Lipinski definition) is 10. The number of aliphatic imine (C=N–C) groups is 3. The number of hydrogen-bond donors (Lipinski definition) is 4. The highest BCUT2D eigenvalue weighted by atomic mass is 16.5. The van der Waals surface area contributed by atoms with Crippen LogP contribution in [0.25, 0.3) is 0 Å². The normalized spacial score (nSPS) is 19.8. The average Bonchev–Trinajstić information content (AvgIpc) is 3.36. The average molecular weight is 549 g/mol. The summed E-state index contributed by atoms with van der Waals surface area (Å²) < 4.78 is 10.8. The Kier molecular flexibility index (Phi) is 10.0. The molecule has 1 aromatic carbocycles. The number of nitrogens with one attached hydrogen (secondary N) is 3. The second kappa shape index (κ2) is 13.2. The van der Waals surface area contributed by atoms with E-state index in [2.05, 4.69) is 32.1 Å². The first-order valence-corrected chi connectivity index (χ1v) is 13.1. The molecule has 214 valence electrons. The molecular formula is C29H40N8O3. The number of likely N-dealkylation sites (tertiary alicyclic amines) is 1. The van der Waals surface area contributed by atoms with Gasteiger partial charge in [-0.3, -0.25) is 15.2 Å². The molecule has 2 heterocycles. The molecule has 1 fully saturated rings. The first-order chi connectivity index (χ1) is 19.0. The lowest BCUT2D eigenvalue weighted by Crippen LogP contribution is -2.39. The fraction of sp³-hybridized carbons (Fsp3) is 0.414. The summed E-state index contributed by atoms with van der Waals surface area (Å²) in [6.45, 7) is 12.9. The predicted octanol–water partition coefficient (Wildman–Crippen LogP) is 3.95.